The highest BCUT2D eigenvalue weighted by Gasteiger charge is 2.17. The first-order valence-corrected chi connectivity index (χ1v) is 6.72. The molecule has 2 rings (SSSR count). The van der Waals surface area contributed by atoms with E-state index in [9.17, 15) is 4.79 Å². The van der Waals surface area contributed by atoms with Crippen molar-refractivity contribution in [3.05, 3.63) is 64.2 Å². The number of hydrogen-bond acceptors (Lipinski definition) is 2. The molecule has 0 fully saturated rings. The standard InChI is InChI=1S/C16H17ClN2O/c1-11-6-3-4-7-12(11)10-19(2)16(20)13-8-5-9-14(18)15(13)17/h3-9H,10,18H2,1-2H3. The van der Waals surface area contributed by atoms with Gasteiger partial charge in [-0.2, -0.15) is 0 Å². The largest absolute Gasteiger partial charge is 0.398 e. The predicted octanol–water partition coefficient (Wildman–Crippen LogP) is 3.50. The molecule has 1 amide bonds. The molecule has 0 unspecified atom stereocenters. The normalized spacial score (nSPS) is 10.3. The zero-order valence-electron chi connectivity index (χ0n) is 11.6. The molecule has 0 aromatic heterocycles. The number of halogens is 1. The number of carbonyl (C=O) groups excluding carboxylic acids is 1. The lowest BCUT2D eigenvalue weighted by Gasteiger charge is -2.19. The van der Waals surface area contributed by atoms with Gasteiger partial charge in [0.05, 0.1) is 16.3 Å². The van der Waals surface area contributed by atoms with Crippen molar-refractivity contribution >= 4 is 23.2 Å². The van der Waals surface area contributed by atoms with Crippen LogP contribution in [0.2, 0.25) is 5.02 Å². The number of amides is 1. The van der Waals surface area contributed by atoms with Crippen molar-refractivity contribution in [2.24, 2.45) is 0 Å². The number of hydrogen-bond donors (Lipinski definition) is 1. The summed E-state index contributed by atoms with van der Waals surface area (Å²) in [7, 11) is 1.76. The second-order valence-electron chi connectivity index (χ2n) is 4.80. The first kappa shape index (κ1) is 14.4. The molecule has 0 saturated carbocycles. The average molecular weight is 289 g/mol. The Bertz CT molecular complexity index is 640. The molecular formula is C16H17ClN2O. The molecule has 2 N–H and O–H groups in total. The molecule has 0 aliphatic rings. The van der Waals surface area contributed by atoms with E-state index in [1.165, 1.54) is 0 Å². The fraction of sp³-hybridized carbons (Fsp3) is 0.188. The van der Waals surface area contributed by atoms with E-state index >= 15 is 0 Å². The van der Waals surface area contributed by atoms with Gasteiger partial charge >= 0.3 is 0 Å². The van der Waals surface area contributed by atoms with Crippen molar-refractivity contribution in [3.63, 3.8) is 0 Å². The maximum absolute atomic E-state index is 12.4. The first-order chi connectivity index (χ1) is 9.50. The highest BCUT2D eigenvalue weighted by atomic mass is 35.5. The van der Waals surface area contributed by atoms with Crippen LogP contribution in [0.3, 0.4) is 0 Å². The van der Waals surface area contributed by atoms with E-state index in [0.717, 1.165) is 11.1 Å². The Labute approximate surface area is 124 Å². The maximum Gasteiger partial charge on any atom is 0.255 e. The van der Waals surface area contributed by atoms with E-state index in [0.29, 0.717) is 22.8 Å². The van der Waals surface area contributed by atoms with Gasteiger partial charge in [-0.15, -0.1) is 0 Å². The SMILES string of the molecule is Cc1ccccc1CN(C)C(=O)c1cccc(N)c1Cl. The Hall–Kier alpha value is -2.00. The second-order valence-corrected chi connectivity index (χ2v) is 5.17. The van der Waals surface area contributed by atoms with E-state index in [1.54, 1.807) is 30.1 Å². The molecule has 0 saturated heterocycles. The lowest BCUT2D eigenvalue weighted by Crippen LogP contribution is -2.27. The third-order valence-corrected chi connectivity index (χ3v) is 3.70. The fourth-order valence-electron chi connectivity index (χ4n) is 2.04. The summed E-state index contributed by atoms with van der Waals surface area (Å²) in [5.74, 6) is -0.134. The molecule has 0 bridgehead atoms. The van der Waals surface area contributed by atoms with Gasteiger partial charge in [-0.05, 0) is 30.2 Å². The fourth-order valence-corrected chi connectivity index (χ4v) is 2.24. The molecule has 0 atom stereocenters. The summed E-state index contributed by atoms with van der Waals surface area (Å²) in [5, 5.41) is 0.314. The molecule has 2 aromatic carbocycles. The Morgan fingerprint density at radius 3 is 2.60 bits per heavy atom. The van der Waals surface area contributed by atoms with Crippen LogP contribution < -0.4 is 5.73 Å². The Kier molecular flexibility index (Phi) is 4.30. The topological polar surface area (TPSA) is 46.3 Å². The Morgan fingerprint density at radius 1 is 1.20 bits per heavy atom. The number of nitrogens with zero attached hydrogens (tertiary/aromatic N) is 1. The van der Waals surface area contributed by atoms with Crippen molar-refractivity contribution < 1.29 is 4.79 Å². The molecule has 4 heteroatoms. The van der Waals surface area contributed by atoms with Crippen LogP contribution in [0.25, 0.3) is 0 Å². The Balaban J connectivity index is 2.21. The number of benzene rings is 2. The maximum atomic E-state index is 12.4. The minimum absolute atomic E-state index is 0.134. The monoisotopic (exact) mass is 288 g/mol. The summed E-state index contributed by atoms with van der Waals surface area (Å²) >= 11 is 6.09. The van der Waals surface area contributed by atoms with Crippen LogP contribution in [0.1, 0.15) is 21.5 Å². The summed E-state index contributed by atoms with van der Waals surface area (Å²) in [5.41, 5.74) is 8.86. The zero-order chi connectivity index (χ0) is 14.7. The minimum atomic E-state index is -0.134. The van der Waals surface area contributed by atoms with E-state index in [4.69, 9.17) is 17.3 Å². The lowest BCUT2D eigenvalue weighted by molar-refractivity contribution is 0.0785. The van der Waals surface area contributed by atoms with Crippen LogP contribution in [0.4, 0.5) is 5.69 Å². The molecule has 0 heterocycles. The van der Waals surface area contributed by atoms with E-state index in [-0.39, 0.29) is 5.91 Å². The quantitative estimate of drug-likeness (QED) is 0.879. The summed E-state index contributed by atoms with van der Waals surface area (Å²) in [6, 6.07) is 13.1. The van der Waals surface area contributed by atoms with Gasteiger partial charge in [-0.1, -0.05) is 41.9 Å². The molecule has 0 aliphatic carbocycles. The third-order valence-electron chi connectivity index (χ3n) is 3.27. The van der Waals surface area contributed by atoms with Gasteiger partial charge in [0, 0.05) is 13.6 Å². The molecule has 0 spiro atoms. The van der Waals surface area contributed by atoms with Crippen LogP contribution in [-0.4, -0.2) is 17.9 Å². The van der Waals surface area contributed by atoms with Gasteiger partial charge < -0.3 is 10.6 Å². The molecular weight excluding hydrogens is 272 g/mol. The van der Waals surface area contributed by atoms with Crippen LogP contribution in [0.5, 0.6) is 0 Å². The van der Waals surface area contributed by atoms with Gasteiger partial charge in [0.2, 0.25) is 0 Å². The highest BCUT2D eigenvalue weighted by Crippen LogP contribution is 2.24. The van der Waals surface area contributed by atoms with Gasteiger partial charge in [0.1, 0.15) is 0 Å². The number of nitrogen functional groups attached to an aromatic ring is 1. The molecule has 104 valence electrons. The highest BCUT2D eigenvalue weighted by molar-refractivity contribution is 6.36. The van der Waals surface area contributed by atoms with Crippen LogP contribution in [0, 0.1) is 6.92 Å². The summed E-state index contributed by atoms with van der Waals surface area (Å²) in [6.45, 7) is 2.57. The first-order valence-electron chi connectivity index (χ1n) is 6.34. The molecule has 0 aliphatic heterocycles. The third kappa shape index (κ3) is 2.94. The van der Waals surface area contributed by atoms with Crippen molar-refractivity contribution in [1.29, 1.82) is 0 Å². The van der Waals surface area contributed by atoms with Gasteiger partial charge in [-0.25, -0.2) is 0 Å². The van der Waals surface area contributed by atoms with Crippen LogP contribution >= 0.6 is 11.6 Å². The van der Waals surface area contributed by atoms with Crippen LogP contribution in [0.15, 0.2) is 42.5 Å². The molecule has 0 radical (unpaired) electrons. The van der Waals surface area contributed by atoms with Gasteiger partial charge in [0.15, 0.2) is 0 Å². The van der Waals surface area contributed by atoms with Crippen LogP contribution in [-0.2, 0) is 6.54 Å². The molecule has 20 heavy (non-hydrogen) atoms. The summed E-state index contributed by atoms with van der Waals surface area (Å²) in [4.78, 5) is 14.1. The molecule has 2 aromatic rings. The predicted molar refractivity (Wildman–Crippen MR) is 82.8 cm³/mol. The number of nitrogens with two attached hydrogens (primary N) is 1. The summed E-state index contributed by atoms with van der Waals surface area (Å²) < 4.78 is 0. The number of rotatable bonds is 3. The minimum Gasteiger partial charge on any atom is -0.398 e. The van der Waals surface area contributed by atoms with E-state index in [2.05, 4.69) is 0 Å². The average Bonchev–Trinajstić information content (AvgIpc) is 2.43. The van der Waals surface area contributed by atoms with Gasteiger partial charge in [0.25, 0.3) is 5.91 Å². The number of aryl methyl sites for hydroxylation is 1. The second kappa shape index (κ2) is 5.97. The molecule has 3 nitrogen and oxygen atoms in total. The lowest BCUT2D eigenvalue weighted by atomic mass is 10.1. The van der Waals surface area contributed by atoms with E-state index in [1.807, 2.05) is 31.2 Å². The van der Waals surface area contributed by atoms with Crippen molar-refractivity contribution in [1.82, 2.24) is 4.90 Å². The number of carbonyl (C=O) groups is 1. The van der Waals surface area contributed by atoms with Crippen molar-refractivity contribution in [2.45, 2.75) is 13.5 Å². The van der Waals surface area contributed by atoms with Crippen molar-refractivity contribution in [3.8, 4) is 0 Å². The van der Waals surface area contributed by atoms with Gasteiger partial charge in [-0.3, -0.25) is 4.79 Å². The smallest absolute Gasteiger partial charge is 0.255 e. The van der Waals surface area contributed by atoms with Crippen molar-refractivity contribution in [2.75, 3.05) is 12.8 Å². The zero-order valence-corrected chi connectivity index (χ0v) is 12.3. The van der Waals surface area contributed by atoms with E-state index < -0.39 is 0 Å². The summed E-state index contributed by atoms with van der Waals surface area (Å²) in [6.07, 6.45) is 0. The number of anilines is 1. The Morgan fingerprint density at radius 2 is 1.90 bits per heavy atom.